The summed E-state index contributed by atoms with van der Waals surface area (Å²) in [6.45, 7) is 5.64. The molecular weight excluding hydrogens is 414 g/mol. The van der Waals surface area contributed by atoms with E-state index in [0.29, 0.717) is 16.9 Å². The number of aromatic nitrogens is 1. The van der Waals surface area contributed by atoms with E-state index in [-0.39, 0.29) is 16.2 Å². The van der Waals surface area contributed by atoms with Gasteiger partial charge < -0.3 is 15.0 Å². The van der Waals surface area contributed by atoms with Crippen molar-refractivity contribution < 1.29 is 14.7 Å². The number of nitrogens with zero attached hydrogens (tertiary/aromatic N) is 2. The first-order valence-electron chi connectivity index (χ1n) is 9.43. The molecule has 0 fully saturated rings. The van der Waals surface area contributed by atoms with Gasteiger partial charge >= 0.3 is 5.97 Å². The third-order valence-corrected chi connectivity index (χ3v) is 5.21. The first-order chi connectivity index (χ1) is 14.7. The number of hydrogen-bond donors (Lipinski definition) is 2. The molecule has 0 radical (unpaired) electrons. The number of carbonyl (C=O) groups excluding carboxylic acids is 1. The molecule has 3 rings (SSSR count). The molecular formula is C24H20ClN3O3. The Kier molecular flexibility index (Phi) is 6.28. The number of hydrogen-bond acceptors (Lipinski definition) is 3. The Labute approximate surface area is 185 Å². The maximum absolute atomic E-state index is 12.6. The molecule has 0 saturated heterocycles. The molecule has 0 aliphatic heterocycles. The van der Waals surface area contributed by atoms with Crippen LogP contribution in [0.2, 0.25) is 5.02 Å². The largest absolute Gasteiger partial charge is 0.478 e. The van der Waals surface area contributed by atoms with Gasteiger partial charge in [0.05, 0.1) is 10.6 Å². The first kappa shape index (κ1) is 21.9. The van der Waals surface area contributed by atoms with E-state index in [0.717, 1.165) is 17.0 Å². The fraction of sp³-hybridized carbons (Fsp3) is 0.125. The van der Waals surface area contributed by atoms with Crippen LogP contribution in [0.4, 0.5) is 5.69 Å². The minimum absolute atomic E-state index is 0.000974. The van der Waals surface area contributed by atoms with Gasteiger partial charge in [-0.2, -0.15) is 5.26 Å². The van der Waals surface area contributed by atoms with E-state index >= 15 is 0 Å². The standard InChI is InChI=1S/C24H20ClN3O3/c1-14-4-6-19(7-5-14)27-23(29)18(13-26)11-17-10-15(2)28(16(17)3)20-8-9-22(25)21(12-20)24(30)31/h4-12H,1-3H3,(H,27,29)(H,30,31)/b18-11-. The summed E-state index contributed by atoms with van der Waals surface area (Å²) in [6, 6.07) is 15.8. The highest BCUT2D eigenvalue weighted by Crippen LogP contribution is 2.26. The summed E-state index contributed by atoms with van der Waals surface area (Å²) in [7, 11) is 0. The lowest BCUT2D eigenvalue weighted by Crippen LogP contribution is -2.13. The van der Waals surface area contributed by atoms with Gasteiger partial charge in [-0.05, 0) is 68.8 Å². The summed E-state index contributed by atoms with van der Waals surface area (Å²) in [5.41, 5.74) is 4.51. The topological polar surface area (TPSA) is 95.1 Å². The maximum Gasteiger partial charge on any atom is 0.337 e. The van der Waals surface area contributed by atoms with Crippen LogP contribution in [-0.4, -0.2) is 21.6 Å². The highest BCUT2D eigenvalue weighted by molar-refractivity contribution is 6.33. The van der Waals surface area contributed by atoms with Crippen LogP contribution in [0.1, 0.15) is 32.9 Å². The molecule has 0 aliphatic rings. The number of carboxylic acids is 1. The van der Waals surface area contributed by atoms with Crippen LogP contribution in [0.15, 0.2) is 54.1 Å². The predicted octanol–water partition coefficient (Wildman–Crippen LogP) is 5.30. The number of amides is 1. The molecule has 0 bridgehead atoms. The Hall–Kier alpha value is -3.82. The Morgan fingerprint density at radius 2 is 1.77 bits per heavy atom. The Morgan fingerprint density at radius 3 is 2.39 bits per heavy atom. The van der Waals surface area contributed by atoms with E-state index in [1.165, 1.54) is 18.2 Å². The van der Waals surface area contributed by atoms with Crippen molar-refractivity contribution >= 4 is 35.2 Å². The zero-order valence-electron chi connectivity index (χ0n) is 17.2. The third kappa shape index (κ3) is 4.68. The summed E-state index contributed by atoms with van der Waals surface area (Å²) in [4.78, 5) is 24.0. The molecule has 1 amide bonds. The molecule has 3 aromatic rings. The van der Waals surface area contributed by atoms with Crippen LogP contribution in [0.25, 0.3) is 11.8 Å². The lowest BCUT2D eigenvalue weighted by atomic mass is 10.1. The molecule has 0 aliphatic carbocycles. The highest BCUT2D eigenvalue weighted by atomic mass is 35.5. The summed E-state index contributed by atoms with van der Waals surface area (Å²) >= 11 is 5.98. The number of nitrogens with one attached hydrogen (secondary N) is 1. The van der Waals surface area contributed by atoms with Gasteiger partial charge in [0, 0.05) is 22.8 Å². The number of carboxylic acid groups (broad SMARTS) is 1. The van der Waals surface area contributed by atoms with Gasteiger partial charge in [-0.15, -0.1) is 0 Å². The van der Waals surface area contributed by atoms with Crippen molar-refractivity contribution in [2.75, 3.05) is 5.32 Å². The Balaban J connectivity index is 1.97. The second-order valence-electron chi connectivity index (χ2n) is 7.12. The van der Waals surface area contributed by atoms with E-state index in [1.54, 1.807) is 18.2 Å². The number of halogens is 1. The van der Waals surface area contributed by atoms with E-state index in [9.17, 15) is 20.0 Å². The summed E-state index contributed by atoms with van der Waals surface area (Å²) in [6.07, 6.45) is 1.52. The summed E-state index contributed by atoms with van der Waals surface area (Å²) in [5, 5.41) is 21.7. The van der Waals surface area contributed by atoms with Gasteiger partial charge in [0.1, 0.15) is 11.6 Å². The van der Waals surface area contributed by atoms with Crippen LogP contribution in [0, 0.1) is 32.1 Å². The Bertz CT molecular complexity index is 1250. The molecule has 0 spiro atoms. The van der Waals surface area contributed by atoms with E-state index < -0.39 is 11.9 Å². The first-order valence-corrected chi connectivity index (χ1v) is 9.81. The highest BCUT2D eigenvalue weighted by Gasteiger charge is 2.16. The molecule has 0 unspecified atom stereocenters. The number of rotatable bonds is 5. The van der Waals surface area contributed by atoms with Crippen molar-refractivity contribution in [3.8, 4) is 11.8 Å². The summed E-state index contributed by atoms with van der Waals surface area (Å²) in [5.74, 6) is -1.62. The molecule has 31 heavy (non-hydrogen) atoms. The predicted molar refractivity (Wildman–Crippen MR) is 121 cm³/mol. The van der Waals surface area contributed by atoms with Gasteiger partial charge in [-0.3, -0.25) is 4.79 Å². The van der Waals surface area contributed by atoms with Crippen LogP contribution >= 0.6 is 11.6 Å². The van der Waals surface area contributed by atoms with Gasteiger partial charge in [0.15, 0.2) is 0 Å². The van der Waals surface area contributed by atoms with Crippen molar-refractivity contribution in [2.24, 2.45) is 0 Å². The van der Waals surface area contributed by atoms with Gasteiger partial charge in [-0.25, -0.2) is 4.79 Å². The molecule has 1 heterocycles. The number of aryl methyl sites for hydroxylation is 2. The maximum atomic E-state index is 12.6. The van der Waals surface area contributed by atoms with Crippen LogP contribution in [0.3, 0.4) is 0 Å². The van der Waals surface area contributed by atoms with Crippen LogP contribution in [0.5, 0.6) is 0 Å². The third-order valence-electron chi connectivity index (χ3n) is 4.88. The van der Waals surface area contributed by atoms with E-state index in [1.807, 2.05) is 49.6 Å². The average molecular weight is 434 g/mol. The minimum atomic E-state index is -1.12. The monoisotopic (exact) mass is 433 g/mol. The average Bonchev–Trinajstić information content (AvgIpc) is 3.01. The Morgan fingerprint density at radius 1 is 1.10 bits per heavy atom. The fourth-order valence-electron chi connectivity index (χ4n) is 3.29. The minimum Gasteiger partial charge on any atom is -0.478 e. The zero-order chi connectivity index (χ0) is 22.7. The molecule has 0 saturated carbocycles. The number of benzene rings is 2. The number of nitriles is 1. The second-order valence-corrected chi connectivity index (χ2v) is 7.53. The van der Waals surface area contributed by atoms with Crippen LogP contribution < -0.4 is 5.32 Å². The van der Waals surface area contributed by atoms with Gasteiger partial charge in [0.25, 0.3) is 5.91 Å². The molecule has 2 aromatic carbocycles. The summed E-state index contributed by atoms with van der Waals surface area (Å²) < 4.78 is 1.85. The smallest absolute Gasteiger partial charge is 0.337 e. The number of aromatic carboxylic acids is 1. The SMILES string of the molecule is Cc1ccc(NC(=O)/C(C#N)=C\c2cc(C)n(-c3ccc(Cl)c(C(=O)O)c3)c2C)cc1. The van der Waals surface area contributed by atoms with Crippen LogP contribution in [-0.2, 0) is 4.79 Å². The molecule has 1 aromatic heterocycles. The van der Waals surface area contributed by atoms with Gasteiger partial charge in [0.2, 0.25) is 0 Å². The van der Waals surface area contributed by atoms with Gasteiger partial charge in [-0.1, -0.05) is 29.3 Å². The zero-order valence-corrected chi connectivity index (χ0v) is 18.0. The van der Waals surface area contributed by atoms with Crippen molar-refractivity contribution in [3.05, 3.63) is 87.2 Å². The fourth-order valence-corrected chi connectivity index (χ4v) is 3.49. The lowest BCUT2D eigenvalue weighted by molar-refractivity contribution is -0.112. The van der Waals surface area contributed by atoms with Crippen molar-refractivity contribution in [2.45, 2.75) is 20.8 Å². The molecule has 156 valence electrons. The van der Waals surface area contributed by atoms with E-state index in [2.05, 4.69) is 5.32 Å². The number of carbonyl (C=O) groups is 2. The lowest BCUT2D eigenvalue weighted by Gasteiger charge is -2.11. The van der Waals surface area contributed by atoms with E-state index in [4.69, 9.17) is 11.6 Å². The quantitative estimate of drug-likeness (QED) is 0.421. The normalized spacial score (nSPS) is 11.1. The van der Waals surface area contributed by atoms with Crippen molar-refractivity contribution in [3.63, 3.8) is 0 Å². The number of anilines is 1. The second kappa shape index (κ2) is 8.90. The van der Waals surface area contributed by atoms with Crippen molar-refractivity contribution in [1.82, 2.24) is 4.57 Å². The van der Waals surface area contributed by atoms with Crippen molar-refractivity contribution in [1.29, 1.82) is 5.26 Å². The molecule has 2 N–H and O–H groups in total. The molecule has 7 heteroatoms. The molecule has 0 atom stereocenters. The molecule has 6 nitrogen and oxygen atoms in total.